The zero-order chi connectivity index (χ0) is 21.9. The molecule has 2 aromatic carbocycles. The summed E-state index contributed by atoms with van der Waals surface area (Å²) in [5, 5.41) is 0.740. The Balaban J connectivity index is 1.17. The van der Waals surface area contributed by atoms with Gasteiger partial charge in [-0.2, -0.15) is 0 Å². The summed E-state index contributed by atoms with van der Waals surface area (Å²) in [4.78, 5) is 7.18. The van der Waals surface area contributed by atoms with Crippen LogP contribution in [-0.2, 0) is 0 Å². The summed E-state index contributed by atoms with van der Waals surface area (Å²) in [6.45, 7) is 6.23. The van der Waals surface area contributed by atoms with Crippen LogP contribution in [0.4, 0.5) is 0 Å². The molecule has 0 spiro atoms. The van der Waals surface area contributed by atoms with Gasteiger partial charge in [0.25, 0.3) is 0 Å². The van der Waals surface area contributed by atoms with Crippen molar-refractivity contribution in [2.45, 2.75) is 32.1 Å². The van der Waals surface area contributed by atoms with Gasteiger partial charge in [0.1, 0.15) is 5.69 Å². The van der Waals surface area contributed by atoms with Gasteiger partial charge in [0, 0.05) is 28.9 Å². The van der Waals surface area contributed by atoms with Gasteiger partial charge in [-0.25, -0.2) is 4.98 Å². The fraction of sp³-hybridized carbons (Fsp3) is 0.345. The molecule has 0 bridgehead atoms. The van der Waals surface area contributed by atoms with Crippen molar-refractivity contribution in [3.8, 4) is 23.0 Å². The first-order valence-electron chi connectivity index (χ1n) is 11.7. The summed E-state index contributed by atoms with van der Waals surface area (Å²) in [5.41, 5.74) is 5.46. The van der Waals surface area contributed by atoms with Crippen LogP contribution in [-0.4, -0.2) is 29.5 Å². The Morgan fingerprint density at radius 3 is 2.31 bits per heavy atom. The molecular formula is C29H29ClN2. The quantitative estimate of drug-likeness (QED) is 0.423. The molecule has 0 N–H and O–H groups in total. The van der Waals surface area contributed by atoms with Gasteiger partial charge in [-0.1, -0.05) is 54.8 Å². The van der Waals surface area contributed by atoms with Gasteiger partial charge in [-0.15, -0.1) is 0 Å². The van der Waals surface area contributed by atoms with E-state index >= 15 is 0 Å². The molecule has 1 saturated carbocycles. The van der Waals surface area contributed by atoms with Gasteiger partial charge in [-0.05, 0) is 97.5 Å². The van der Waals surface area contributed by atoms with Crippen molar-refractivity contribution < 1.29 is 0 Å². The van der Waals surface area contributed by atoms with E-state index < -0.39 is 0 Å². The molecule has 2 atom stereocenters. The monoisotopic (exact) mass is 440 g/mol. The Morgan fingerprint density at radius 1 is 0.906 bits per heavy atom. The number of hydrogen-bond acceptors (Lipinski definition) is 2. The lowest BCUT2D eigenvalue weighted by Gasteiger charge is -2.30. The Morgan fingerprint density at radius 2 is 1.62 bits per heavy atom. The van der Waals surface area contributed by atoms with Crippen LogP contribution in [0.15, 0.2) is 66.9 Å². The maximum absolute atomic E-state index is 5.97. The lowest BCUT2D eigenvalue weighted by atomic mass is 9.99. The second-order valence-corrected chi connectivity index (χ2v) is 9.83. The van der Waals surface area contributed by atoms with Crippen molar-refractivity contribution >= 4 is 11.6 Å². The summed E-state index contributed by atoms with van der Waals surface area (Å²) in [5.74, 6) is 8.93. The van der Waals surface area contributed by atoms with E-state index in [9.17, 15) is 0 Å². The summed E-state index contributed by atoms with van der Waals surface area (Å²) in [6.07, 6.45) is 5.93. The second-order valence-electron chi connectivity index (χ2n) is 9.40. The first-order chi connectivity index (χ1) is 15.6. The van der Waals surface area contributed by atoms with Crippen LogP contribution in [0.2, 0.25) is 5.02 Å². The predicted octanol–water partition coefficient (Wildman–Crippen LogP) is 6.64. The van der Waals surface area contributed by atoms with Crippen molar-refractivity contribution in [2.24, 2.45) is 11.8 Å². The largest absolute Gasteiger partial charge is 0.303 e. The molecule has 2 fully saturated rings. The van der Waals surface area contributed by atoms with Gasteiger partial charge in [0.05, 0.1) is 0 Å². The smallest absolute Gasteiger partial charge is 0.113 e. The predicted molar refractivity (Wildman–Crippen MR) is 133 cm³/mol. The van der Waals surface area contributed by atoms with Crippen LogP contribution in [0.1, 0.15) is 48.9 Å². The van der Waals surface area contributed by atoms with Crippen molar-refractivity contribution in [3.05, 3.63) is 88.7 Å². The van der Waals surface area contributed by atoms with Gasteiger partial charge < -0.3 is 4.90 Å². The molecule has 2 unspecified atom stereocenters. The van der Waals surface area contributed by atoms with Crippen molar-refractivity contribution in [2.75, 3.05) is 19.6 Å². The number of benzene rings is 2. The Bertz CT molecular complexity index is 1100. The molecule has 3 heteroatoms. The first-order valence-corrected chi connectivity index (χ1v) is 12.1. The second kappa shape index (κ2) is 9.49. The average molecular weight is 441 g/mol. The molecule has 3 aromatic rings. The van der Waals surface area contributed by atoms with E-state index in [1.165, 1.54) is 44.5 Å². The molecule has 1 aliphatic heterocycles. The number of piperidine rings is 1. The SMILES string of the molecule is CC1CCN(CC2CC2c2ccc(C#Cc3ccc(-c4ccc(Cl)cc4)cn3)cc2)CC1. The molecule has 1 aliphatic carbocycles. The number of pyridine rings is 1. The summed E-state index contributed by atoms with van der Waals surface area (Å²) < 4.78 is 0. The molecule has 1 saturated heterocycles. The third-order valence-corrected chi connectivity index (χ3v) is 7.16. The van der Waals surface area contributed by atoms with E-state index in [2.05, 4.69) is 59.0 Å². The van der Waals surface area contributed by atoms with E-state index in [0.29, 0.717) is 0 Å². The minimum absolute atomic E-state index is 0.735. The zero-order valence-corrected chi connectivity index (χ0v) is 19.4. The highest BCUT2D eigenvalue weighted by Gasteiger charge is 2.39. The highest BCUT2D eigenvalue weighted by molar-refractivity contribution is 6.30. The van der Waals surface area contributed by atoms with Crippen LogP contribution in [0, 0.1) is 23.7 Å². The first kappa shape index (κ1) is 21.3. The van der Waals surface area contributed by atoms with E-state index in [1.807, 2.05) is 36.5 Å². The number of nitrogens with zero attached hydrogens (tertiary/aromatic N) is 2. The molecule has 2 heterocycles. The van der Waals surface area contributed by atoms with Crippen LogP contribution in [0.5, 0.6) is 0 Å². The third-order valence-electron chi connectivity index (χ3n) is 6.91. The fourth-order valence-electron chi connectivity index (χ4n) is 4.66. The van der Waals surface area contributed by atoms with Crippen molar-refractivity contribution in [1.82, 2.24) is 9.88 Å². The minimum atomic E-state index is 0.735. The number of halogens is 1. The number of likely N-dealkylation sites (tertiary alicyclic amines) is 1. The molecule has 5 rings (SSSR count). The lowest BCUT2D eigenvalue weighted by molar-refractivity contribution is 0.185. The van der Waals surface area contributed by atoms with E-state index in [4.69, 9.17) is 11.6 Å². The standard InChI is InChI=1S/C29H29ClN2/c1-21-14-16-32(17-15-21)20-26-18-29(26)24-5-2-22(3-6-24)4-12-28-13-9-25(19-31-28)23-7-10-27(30)11-8-23/h2-3,5-11,13,19,21,26,29H,14-18,20H2,1H3. The molecule has 0 radical (unpaired) electrons. The topological polar surface area (TPSA) is 16.1 Å². The summed E-state index contributed by atoms with van der Waals surface area (Å²) in [7, 11) is 0. The maximum Gasteiger partial charge on any atom is 0.113 e. The lowest BCUT2D eigenvalue weighted by Crippen LogP contribution is -2.34. The van der Waals surface area contributed by atoms with Crippen LogP contribution in [0.25, 0.3) is 11.1 Å². The average Bonchev–Trinajstić information content (AvgIpc) is 3.59. The summed E-state index contributed by atoms with van der Waals surface area (Å²) in [6, 6.07) is 20.7. The maximum atomic E-state index is 5.97. The minimum Gasteiger partial charge on any atom is -0.303 e. The molecule has 1 aromatic heterocycles. The summed E-state index contributed by atoms with van der Waals surface area (Å²) >= 11 is 5.97. The zero-order valence-electron chi connectivity index (χ0n) is 18.6. The van der Waals surface area contributed by atoms with E-state index in [-0.39, 0.29) is 0 Å². The Labute approximate surface area is 196 Å². The molecule has 2 aliphatic rings. The Kier molecular flexibility index (Phi) is 6.30. The molecule has 0 amide bonds. The van der Waals surface area contributed by atoms with Crippen LogP contribution >= 0.6 is 11.6 Å². The highest BCUT2D eigenvalue weighted by Crippen LogP contribution is 2.48. The number of hydrogen-bond donors (Lipinski definition) is 0. The van der Waals surface area contributed by atoms with Gasteiger partial charge in [0.2, 0.25) is 0 Å². The highest BCUT2D eigenvalue weighted by atomic mass is 35.5. The van der Waals surface area contributed by atoms with Crippen LogP contribution in [0.3, 0.4) is 0 Å². The molecular weight excluding hydrogens is 412 g/mol. The van der Waals surface area contributed by atoms with Gasteiger partial charge >= 0.3 is 0 Å². The van der Waals surface area contributed by atoms with Gasteiger partial charge in [0.15, 0.2) is 0 Å². The molecule has 162 valence electrons. The van der Waals surface area contributed by atoms with Crippen LogP contribution < -0.4 is 0 Å². The normalized spacial score (nSPS) is 21.1. The Hall–Kier alpha value is -2.60. The van der Waals surface area contributed by atoms with Crippen molar-refractivity contribution in [1.29, 1.82) is 0 Å². The van der Waals surface area contributed by atoms with Crippen molar-refractivity contribution in [3.63, 3.8) is 0 Å². The number of aromatic nitrogens is 1. The molecule has 32 heavy (non-hydrogen) atoms. The van der Waals surface area contributed by atoms with E-state index in [0.717, 1.165) is 45.2 Å². The number of rotatable bonds is 4. The third kappa shape index (κ3) is 5.23. The molecule has 2 nitrogen and oxygen atoms in total. The van der Waals surface area contributed by atoms with E-state index in [1.54, 1.807) is 0 Å². The fourth-order valence-corrected chi connectivity index (χ4v) is 4.79. The van der Waals surface area contributed by atoms with Gasteiger partial charge in [-0.3, -0.25) is 0 Å².